The molecule has 0 bridgehead atoms. The molecule has 32 heavy (non-hydrogen) atoms. The van der Waals surface area contributed by atoms with Crippen molar-refractivity contribution in [2.75, 3.05) is 31.1 Å². The van der Waals surface area contributed by atoms with Crippen LogP contribution < -0.4 is 15.5 Å². The van der Waals surface area contributed by atoms with Gasteiger partial charge in [0.05, 0.1) is 17.9 Å². The largest absolute Gasteiger partial charge is 0.372 e. The Kier molecular flexibility index (Phi) is 7.27. The molecule has 2 aliphatic rings. The van der Waals surface area contributed by atoms with E-state index in [0.717, 1.165) is 31.6 Å². The molecule has 2 fully saturated rings. The molecule has 2 aromatic rings. The van der Waals surface area contributed by atoms with Crippen LogP contribution in [0, 0.1) is 5.82 Å². The first-order valence-electron chi connectivity index (χ1n) is 11.5. The van der Waals surface area contributed by atoms with Crippen LogP contribution in [0.3, 0.4) is 0 Å². The van der Waals surface area contributed by atoms with E-state index in [1.54, 1.807) is 6.07 Å². The Hall–Kier alpha value is -2.64. The molecule has 3 atom stereocenters. The summed E-state index contributed by atoms with van der Waals surface area (Å²) in [4.78, 5) is 16.7. The molecule has 0 radical (unpaired) electrons. The summed E-state index contributed by atoms with van der Waals surface area (Å²) >= 11 is 0. The maximum Gasteiger partial charge on any atom is 0.315 e. The Morgan fingerprint density at radius 1 is 1.06 bits per heavy atom. The number of hydrogen-bond donors (Lipinski definition) is 2. The number of benzene rings is 2. The Balaban J connectivity index is 1.23. The van der Waals surface area contributed by atoms with Crippen LogP contribution in [0.5, 0.6) is 0 Å². The minimum Gasteiger partial charge on any atom is -0.372 e. The van der Waals surface area contributed by atoms with Crippen molar-refractivity contribution in [3.63, 3.8) is 0 Å². The van der Waals surface area contributed by atoms with Gasteiger partial charge in [-0.25, -0.2) is 9.18 Å². The number of urea groups is 1. The Labute approximate surface area is 189 Å². The van der Waals surface area contributed by atoms with Gasteiger partial charge >= 0.3 is 6.03 Å². The maximum absolute atomic E-state index is 14.7. The van der Waals surface area contributed by atoms with Gasteiger partial charge in [0.1, 0.15) is 5.82 Å². The zero-order chi connectivity index (χ0) is 22.5. The second-order valence-electron chi connectivity index (χ2n) is 8.98. The number of hydrogen-bond acceptors (Lipinski definition) is 4. The van der Waals surface area contributed by atoms with Gasteiger partial charge in [-0.2, -0.15) is 0 Å². The molecule has 2 aromatic carbocycles. The predicted molar refractivity (Wildman–Crippen MR) is 124 cm³/mol. The Morgan fingerprint density at radius 2 is 1.81 bits per heavy atom. The van der Waals surface area contributed by atoms with Crippen molar-refractivity contribution in [2.24, 2.45) is 0 Å². The van der Waals surface area contributed by atoms with Gasteiger partial charge in [-0.15, -0.1) is 0 Å². The molecule has 2 saturated heterocycles. The summed E-state index contributed by atoms with van der Waals surface area (Å²) in [5, 5.41) is 5.91. The molecule has 172 valence electrons. The molecule has 0 aliphatic carbocycles. The molecule has 0 spiro atoms. The normalized spacial score (nSPS) is 23.8. The zero-order valence-corrected chi connectivity index (χ0v) is 18.9. The van der Waals surface area contributed by atoms with Crippen molar-refractivity contribution in [1.29, 1.82) is 0 Å². The third-order valence-corrected chi connectivity index (χ3v) is 6.08. The molecule has 7 heteroatoms. The number of carbonyl (C=O) groups excluding carboxylic acids is 1. The first-order chi connectivity index (χ1) is 15.5. The van der Waals surface area contributed by atoms with E-state index >= 15 is 0 Å². The molecule has 2 N–H and O–H groups in total. The van der Waals surface area contributed by atoms with Crippen molar-refractivity contribution in [3.05, 3.63) is 65.5 Å². The summed E-state index contributed by atoms with van der Waals surface area (Å²) in [5.41, 5.74) is 2.61. The highest BCUT2D eigenvalue weighted by Gasteiger charge is 2.25. The molecule has 4 rings (SSSR count). The van der Waals surface area contributed by atoms with Gasteiger partial charge in [-0.1, -0.05) is 36.4 Å². The number of halogens is 1. The van der Waals surface area contributed by atoms with Crippen LogP contribution in [0.2, 0.25) is 0 Å². The molecule has 0 aromatic heterocycles. The summed E-state index contributed by atoms with van der Waals surface area (Å²) in [7, 11) is 0. The van der Waals surface area contributed by atoms with Crippen molar-refractivity contribution < 1.29 is 13.9 Å². The number of nitrogens with one attached hydrogen (secondary N) is 2. The lowest BCUT2D eigenvalue weighted by molar-refractivity contribution is -0.00539. The van der Waals surface area contributed by atoms with E-state index in [2.05, 4.69) is 27.7 Å². The lowest BCUT2D eigenvalue weighted by Gasteiger charge is -2.37. The van der Waals surface area contributed by atoms with E-state index in [9.17, 15) is 9.18 Å². The van der Waals surface area contributed by atoms with Gasteiger partial charge in [-0.3, -0.25) is 4.90 Å². The Bertz CT molecular complexity index is 900. The molecule has 2 aliphatic heterocycles. The van der Waals surface area contributed by atoms with E-state index in [-0.39, 0.29) is 30.1 Å². The van der Waals surface area contributed by atoms with Crippen molar-refractivity contribution in [1.82, 2.24) is 15.5 Å². The van der Waals surface area contributed by atoms with Crippen LogP contribution in [0.25, 0.3) is 0 Å². The fourth-order valence-electron chi connectivity index (χ4n) is 4.65. The van der Waals surface area contributed by atoms with Crippen molar-refractivity contribution in [2.45, 2.75) is 51.6 Å². The van der Waals surface area contributed by atoms with E-state index < -0.39 is 0 Å². The average Bonchev–Trinajstić information content (AvgIpc) is 3.19. The third kappa shape index (κ3) is 5.99. The number of likely N-dealkylation sites (tertiary alicyclic amines) is 1. The highest BCUT2D eigenvalue weighted by Crippen LogP contribution is 2.24. The minimum absolute atomic E-state index is 0.0717. The first-order valence-corrected chi connectivity index (χ1v) is 11.5. The molecule has 3 unspecified atom stereocenters. The number of amides is 2. The van der Waals surface area contributed by atoms with Gasteiger partial charge < -0.3 is 20.3 Å². The molecular formula is C25H33FN4O2. The van der Waals surface area contributed by atoms with Crippen LogP contribution >= 0.6 is 0 Å². The summed E-state index contributed by atoms with van der Waals surface area (Å²) in [6.45, 7) is 8.33. The second-order valence-corrected chi connectivity index (χ2v) is 8.98. The van der Waals surface area contributed by atoms with Crippen molar-refractivity contribution >= 4 is 11.7 Å². The molecule has 0 saturated carbocycles. The summed E-state index contributed by atoms with van der Waals surface area (Å²) in [6.07, 6.45) is 1.07. The van der Waals surface area contributed by atoms with Crippen LogP contribution in [-0.4, -0.2) is 55.4 Å². The number of morpholine rings is 1. The first kappa shape index (κ1) is 22.6. The third-order valence-electron chi connectivity index (χ3n) is 6.08. The quantitative estimate of drug-likeness (QED) is 0.722. The van der Waals surface area contributed by atoms with Crippen LogP contribution in [0.4, 0.5) is 14.9 Å². The van der Waals surface area contributed by atoms with E-state index in [0.29, 0.717) is 25.3 Å². The number of nitrogens with zero attached hydrogens (tertiary/aromatic N) is 2. The highest BCUT2D eigenvalue weighted by atomic mass is 19.1. The second kappa shape index (κ2) is 10.3. The van der Waals surface area contributed by atoms with Gasteiger partial charge in [0.2, 0.25) is 0 Å². The van der Waals surface area contributed by atoms with E-state index in [1.165, 1.54) is 11.6 Å². The van der Waals surface area contributed by atoms with Gasteiger partial charge in [0.25, 0.3) is 0 Å². The summed E-state index contributed by atoms with van der Waals surface area (Å²) in [5.74, 6) is -0.265. The van der Waals surface area contributed by atoms with E-state index in [4.69, 9.17) is 4.74 Å². The molecular weight excluding hydrogens is 407 g/mol. The fraction of sp³-hybridized carbons (Fsp3) is 0.480. The highest BCUT2D eigenvalue weighted by molar-refractivity contribution is 5.74. The predicted octanol–water partition coefficient (Wildman–Crippen LogP) is 3.51. The standard InChI is InChI=1S/C25H33FN4O2/c1-18-14-30(15-19(2)32-18)24-9-8-21(12-23(24)26)13-27-25(31)28-22-10-11-29(17-22)16-20-6-4-3-5-7-20/h3-9,12,18-19,22H,10-11,13-17H2,1-2H3,(H2,27,28,31). The van der Waals surface area contributed by atoms with Crippen LogP contribution in [0.15, 0.2) is 48.5 Å². The van der Waals surface area contributed by atoms with Crippen LogP contribution in [-0.2, 0) is 17.8 Å². The number of carbonyl (C=O) groups is 1. The number of ether oxygens (including phenoxy) is 1. The SMILES string of the molecule is CC1CN(c2ccc(CNC(=O)NC3CCN(Cc4ccccc4)C3)cc2F)CC(C)O1. The molecule has 2 heterocycles. The average molecular weight is 441 g/mol. The zero-order valence-electron chi connectivity index (χ0n) is 18.9. The number of anilines is 1. The van der Waals surface area contributed by atoms with Gasteiger partial charge in [0, 0.05) is 45.3 Å². The minimum atomic E-state index is -0.265. The summed E-state index contributed by atoms with van der Waals surface area (Å²) < 4.78 is 20.5. The van der Waals surface area contributed by atoms with Gasteiger partial charge in [-0.05, 0) is 43.5 Å². The monoisotopic (exact) mass is 440 g/mol. The molecule has 6 nitrogen and oxygen atoms in total. The van der Waals surface area contributed by atoms with Crippen LogP contribution in [0.1, 0.15) is 31.4 Å². The topological polar surface area (TPSA) is 56.8 Å². The smallest absolute Gasteiger partial charge is 0.315 e. The summed E-state index contributed by atoms with van der Waals surface area (Å²) in [6, 6.07) is 15.5. The lowest BCUT2D eigenvalue weighted by atomic mass is 10.1. The Morgan fingerprint density at radius 3 is 2.53 bits per heavy atom. The maximum atomic E-state index is 14.7. The number of rotatable bonds is 6. The fourth-order valence-corrected chi connectivity index (χ4v) is 4.65. The van der Waals surface area contributed by atoms with E-state index in [1.807, 2.05) is 43.0 Å². The van der Waals surface area contributed by atoms with Crippen molar-refractivity contribution in [3.8, 4) is 0 Å². The van der Waals surface area contributed by atoms with Gasteiger partial charge in [0.15, 0.2) is 0 Å². The lowest BCUT2D eigenvalue weighted by Crippen LogP contribution is -2.45. The molecule has 2 amide bonds.